The van der Waals surface area contributed by atoms with Crippen LogP contribution in [0.3, 0.4) is 0 Å². The van der Waals surface area contributed by atoms with Crippen molar-refractivity contribution in [1.29, 1.82) is 0 Å². The molecular weight excluding hydrogens is 268 g/mol. The molecule has 21 heavy (non-hydrogen) atoms. The fourth-order valence-corrected chi connectivity index (χ4v) is 2.36. The van der Waals surface area contributed by atoms with Crippen LogP contribution in [-0.2, 0) is 16.1 Å². The van der Waals surface area contributed by atoms with Gasteiger partial charge in [0.25, 0.3) is 0 Å². The van der Waals surface area contributed by atoms with Crippen LogP contribution in [0.25, 0.3) is 0 Å². The van der Waals surface area contributed by atoms with E-state index in [1.54, 1.807) is 0 Å². The summed E-state index contributed by atoms with van der Waals surface area (Å²) in [6, 6.07) is 3.71. The van der Waals surface area contributed by atoms with E-state index < -0.39 is 0 Å². The maximum absolute atomic E-state index is 12.2. The van der Waals surface area contributed by atoms with Gasteiger partial charge in [0.1, 0.15) is 11.9 Å². The van der Waals surface area contributed by atoms with Crippen LogP contribution < -0.4 is 15.5 Å². The Kier molecular flexibility index (Phi) is 5.95. The topological polar surface area (TPSA) is 66.5 Å². The lowest BCUT2D eigenvalue weighted by atomic mass is 10.2. The number of hydrogen-bond acceptors (Lipinski definition) is 5. The fourth-order valence-electron chi connectivity index (χ4n) is 2.36. The van der Waals surface area contributed by atoms with Gasteiger partial charge >= 0.3 is 0 Å². The van der Waals surface area contributed by atoms with Crippen molar-refractivity contribution in [3.05, 3.63) is 23.9 Å². The predicted molar refractivity (Wildman–Crippen MR) is 82.3 cm³/mol. The zero-order valence-corrected chi connectivity index (χ0v) is 12.8. The highest BCUT2D eigenvalue weighted by Gasteiger charge is 2.30. The first-order valence-electron chi connectivity index (χ1n) is 7.48. The van der Waals surface area contributed by atoms with Crippen molar-refractivity contribution >= 4 is 11.7 Å². The smallest absolute Gasteiger partial charge is 0.245 e. The molecule has 1 fully saturated rings. The van der Waals surface area contributed by atoms with Gasteiger partial charge in [-0.05, 0) is 25.1 Å². The van der Waals surface area contributed by atoms with E-state index in [0.29, 0.717) is 26.3 Å². The molecule has 0 spiro atoms. The van der Waals surface area contributed by atoms with Crippen molar-refractivity contribution in [3.8, 4) is 0 Å². The van der Waals surface area contributed by atoms with Gasteiger partial charge in [-0.15, -0.1) is 0 Å². The van der Waals surface area contributed by atoms with E-state index in [2.05, 4.69) is 15.6 Å². The highest BCUT2D eigenvalue weighted by atomic mass is 16.5. The number of anilines is 1. The standard InChI is InChI=1S/C15H24N4O2/c1-3-6-17-15(20)13-11-21-8-7-19(13)14-5-4-12(9-16-2)10-18-14/h4-5,10,13,16H,3,6-9,11H2,1-2H3,(H,17,20). The molecule has 1 aliphatic heterocycles. The minimum Gasteiger partial charge on any atom is -0.377 e. The molecule has 0 bridgehead atoms. The number of carbonyl (C=O) groups excluding carboxylic acids is 1. The molecule has 1 aromatic heterocycles. The maximum atomic E-state index is 12.2. The third-order valence-electron chi connectivity index (χ3n) is 3.46. The van der Waals surface area contributed by atoms with Crippen molar-refractivity contribution in [2.75, 3.05) is 38.3 Å². The Morgan fingerprint density at radius 3 is 3.05 bits per heavy atom. The lowest BCUT2D eigenvalue weighted by molar-refractivity contribution is -0.124. The van der Waals surface area contributed by atoms with Gasteiger partial charge in [0.05, 0.1) is 13.2 Å². The molecule has 1 saturated heterocycles. The van der Waals surface area contributed by atoms with Crippen molar-refractivity contribution < 1.29 is 9.53 Å². The minimum absolute atomic E-state index is 0.0117. The molecular formula is C15H24N4O2. The molecule has 1 atom stereocenters. The molecule has 6 nitrogen and oxygen atoms in total. The minimum atomic E-state index is -0.298. The van der Waals surface area contributed by atoms with E-state index in [4.69, 9.17) is 4.74 Å². The molecule has 1 aromatic rings. The largest absolute Gasteiger partial charge is 0.377 e. The Hall–Kier alpha value is -1.66. The average molecular weight is 292 g/mol. The number of amides is 1. The number of carbonyl (C=O) groups is 1. The number of pyridine rings is 1. The molecule has 0 saturated carbocycles. The van der Waals surface area contributed by atoms with Crippen LogP contribution in [0.15, 0.2) is 18.3 Å². The lowest BCUT2D eigenvalue weighted by Crippen LogP contribution is -2.54. The van der Waals surface area contributed by atoms with Crippen LogP contribution in [0.2, 0.25) is 0 Å². The van der Waals surface area contributed by atoms with Crippen LogP contribution >= 0.6 is 0 Å². The Morgan fingerprint density at radius 1 is 1.52 bits per heavy atom. The van der Waals surface area contributed by atoms with Gasteiger partial charge in [-0.2, -0.15) is 0 Å². The molecule has 1 unspecified atom stereocenters. The number of hydrogen-bond donors (Lipinski definition) is 2. The molecule has 0 radical (unpaired) electrons. The molecule has 2 rings (SSSR count). The van der Waals surface area contributed by atoms with Gasteiger partial charge in [0.2, 0.25) is 5.91 Å². The first-order chi connectivity index (χ1) is 10.3. The molecule has 1 amide bonds. The average Bonchev–Trinajstić information content (AvgIpc) is 2.54. The van der Waals surface area contributed by atoms with Gasteiger partial charge in [0, 0.05) is 25.8 Å². The Bertz CT molecular complexity index is 449. The SMILES string of the molecule is CCCNC(=O)C1COCCN1c1ccc(CNC)cn1. The molecule has 0 aromatic carbocycles. The Morgan fingerprint density at radius 2 is 2.38 bits per heavy atom. The maximum Gasteiger partial charge on any atom is 0.245 e. The summed E-state index contributed by atoms with van der Waals surface area (Å²) >= 11 is 0. The first-order valence-corrected chi connectivity index (χ1v) is 7.48. The fraction of sp³-hybridized carbons (Fsp3) is 0.600. The second kappa shape index (κ2) is 7.95. The molecule has 0 aliphatic carbocycles. The number of rotatable bonds is 6. The monoisotopic (exact) mass is 292 g/mol. The van der Waals surface area contributed by atoms with Crippen molar-refractivity contribution in [2.24, 2.45) is 0 Å². The number of morpholine rings is 1. The summed E-state index contributed by atoms with van der Waals surface area (Å²) in [5.74, 6) is 0.840. The zero-order valence-electron chi connectivity index (χ0n) is 12.8. The third kappa shape index (κ3) is 4.15. The van der Waals surface area contributed by atoms with Crippen molar-refractivity contribution in [2.45, 2.75) is 25.9 Å². The van der Waals surface area contributed by atoms with Gasteiger partial charge in [0.15, 0.2) is 0 Å². The quantitative estimate of drug-likeness (QED) is 0.801. The number of aromatic nitrogens is 1. The van der Waals surface area contributed by atoms with Crippen molar-refractivity contribution in [3.63, 3.8) is 0 Å². The summed E-state index contributed by atoms with van der Waals surface area (Å²) < 4.78 is 5.46. The van der Waals surface area contributed by atoms with Gasteiger partial charge < -0.3 is 20.3 Å². The van der Waals surface area contributed by atoms with E-state index in [1.165, 1.54) is 0 Å². The second-order valence-electron chi connectivity index (χ2n) is 5.13. The summed E-state index contributed by atoms with van der Waals surface area (Å²) in [5, 5.41) is 6.03. The van der Waals surface area contributed by atoms with Crippen LogP contribution in [0.1, 0.15) is 18.9 Å². The number of ether oxygens (including phenoxy) is 1. The summed E-state index contributed by atoms with van der Waals surface area (Å²) in [6.07, 6.45) is 2.78. The summed E-state index contributed by atoms with van der Waals surface area (Å²) in [5.41, 5.74) is 1.13. The summed E-state index contributed by atoms with van der Waals surface area (Å²) in [7, 11) is 1.91. The van der Waals surface area contributed by atoms with E-state index in [0.717, 1.165) is 24.3 Å². The summed E-state index contributed by atoms with van der Waals surface area (Å²) in [4.78, 5) is 18.7. The van der Waals surface area contributed by atoms with Crippen LogP contribution in [0.4, 0.5) is 5.82 Å². The van der Waals surface area contributed by atoms with Gasteiger partial charge in [-0.25, -0.2) is 4.98 Å². The molecule has 2 N–H and O–H groups in total. The molecule has 116 valence electrons. The van der Waals surface area contributed by atoms with Gasteiger partial charge in [-0.1, -0.05) is 13.0 Å². The normalized spacial score (nSPS) is 18.6. The summed E-state index contributed by atoms with van der Waals surface area (Å²) in [6.45, 7) is 5.24. The van der Waals surface area contributed by atoms with Gasteiger partial charge in [-0.3, -0.25) is 4.79 Å². The number of nitrogens with zero attached hydrogens (tertiary/aromatic N) is 2. The van der Waals surface area contributed by atoms with Crippen molar-refractivity contribution in [1.82, 2.24) is 15.6 Å². The third-order valence-corrected chi connectivity index (χ3v) is 3.46. The van der Waals surface area contributed by atoms with E-state index in [-0.39, 0.29) is 11.9 Å². The highest BCUT2D eigenvalue weighted by molar-refractivity contribution is 5.85. The second-order valence-corrected chi connectivity index (χ2v) is 5.13. The van der Waals surface area contributed by atoms with Crippen LogP contribution in [-0.4, -0.2) is 50.3 Å². The molecule has 2 heterocycles. The number of nitrogens with one attached hydrogen (secondary N) is 2. The lowest BCUT2D eigenvalue weighted by Gasteiger charge is -2.35. The van der Waals surface area contributed by atoms with Crippen LogP contribution in [0, 0.1) is 0 Å². The van der Waals surface area contributed by atoms with E-state index in [1.807, 2.05) is 37.2 Å². The van der Waals surface area contributed by atoms with E-state index in [9.17, 15) is 4.79 Å². The zero-order chi connectivity index (χ0) is 15.1. The van der Waals surface area contributed by atoms with E-state index >= 15 is 0 Å². The Labute approximate surface area is 125 Å². The molecule has 1 aliphatic rings. The first kappa shape index (κ1) is 15.7. The Balaban J connectivity index is 2.08. The predicted octanol–water partition coefficient (Wildman–Crippen LogP) is 0.532. The van der Waals surface area contributed by atoms with Crippen LogP contribution in [0.5, 0.6) is 0 Å². The highest BCUT2D eigenvalue weighted by Crippen LogP contribution is 2.18. The molecule has 6 heteroatoms.